The maximum atomic E-state index is 14.0. The quantitative estimate of drug-likeness (QED) is 0.0828. The summed E-state index contributed by atoms with van der Waals surface area (Å²) in [6.07, 6.45) is 6.60. The van der Waals surface area contributed by atoms with E-state index in [-0.39, 0.29) is 42.4 Å². The normalized spacial score (nSPS) is 18.0. The maximum Gasteiger partial charge on any atom is 0.329 e. The molecule has 1 unspecified atom stereocenters. The van der Waals surface area contributed by atoms with Gasteiger partial charge < -0.3 is 24.2 Å². The number of unbranched alkanes of at least 4 members (excludes halogenated alkanes) is 2. The standard InChI is InChI=1S/C51H59ClN6O7/c1-32(2)65-45-30-40-36(28-44(45)64-5)29-48(61)57(49(40)35-12-14-37(52)15-13-35)39-18-16-38(17-19-39)54(3)31-34-23-25-56(26-24-34)47(60)10-8-6-7-9-33-11-20-41-43(27-33)55(4)51(63)58(41)42-21-22-46(59)53-50(42)62/h11-20,27-28,30,32,34,42,49H,6-10,21-26,29,31H2,1-5H3,(H,53,59,62)/t42?,49-/m0/s1. The lowest BCUT2D eigenvalue weighted by molar-refractivity contribution is -0.136. The molecule has 4 amide bonds. The highest BCUT2D eigenvalue weighted by Crippen LogP contribution is 2.44. The van der Waals surface area contributed by atoms with Gasteiger partial charge in [0.05, 0.1) is 36.7 Å². The first-order valence-corrected chi connectivity index (χ1v) is 23.2. The van der Waals surface area contributed by atoms with Gasteiger partial charge in [-0.1, -0.05) is 36.2 Å². The van der Waals surface area contributed by atoms with Gasteiger partial charge in [-0.15, -0.1) is 0 Å². The highest BCUT2D eigenvalue weighted by molar-refractivity contribution is 6.30. The minimum atomic E-state index is -0.702. The molecule has 8 rings (SSSR count). The Morgan fingerprint density at radius 1 is 0.877 bits per heavy atom. The zero-order valence-electron chi connectivity index (χ0n) is 38.0. The largest absolute Gasteiger partial charge is 0.493 e. The van der Waals surface area contributed by atoms with E-state index in [1.807, 2.05) is 90.4 Å². The number of halogens is 1. The number of fused-ring (bicyclic) bond motifs is 2. The van der Waals surface area contributed by atoms with E-state index in [4.69, 9.17) is 21.1 Å². The minimum absolute atomic E-state index is 0.00920. The summed E-state index contributed by atoms with van der Waals surface area (Å²) in [6, 6.07) is 24.6. The fourth-order valence-electron chi connectivity index (χ4n) is 9.79. The van der Waals surface area contributed by atoms with Gasteiger partial charge in [0.25, 0.3) is 0 Å². The summed E-state index contributed by atoms with van der Waals surface area (Å²) < 4.78 is 14.9. The van der Waals surface area contributed by atoms with Crippen molar-refractivity contribution in [1.82, 2.24) is 19.4 Å². The number of carbonyl (C=O) groups excluding carboxylic acids is 4. The van der Waals surface area contributed by atoms with Crippen LogP contribution < -0.4 is 30.3 Å². The predicted octanol–water partition coefficient (Wildman–Crippen LogP) is 7.92. The molecule has 4 aromatic carbocycles. The van der Waals surface area contributed by atoms with Crippen molar-refractivity contribution in [3.63, 3.8) is 0 Å². The van der Waals surface area contributed by atoms with Crippen molar-refractivity contribution in [3.8, 4) is 11.5 Å². The smallest absolute Gasteiger partial charge is 0.329 e. The van der Waals surface area contributed by atoms with Gasteiger partial charge in [-0.25, -0.2) is 4.79 Å². The van der Waals surface area contributed by atoms with E-state index in [0.717, 1.165) is 97.3 Å². The fourth-order valence-corrected chi connectivity index (χ4v) is 9.91. The lowest BCUT2D eigenvalue weighted by atomic mass is 9.86. The van der Waals surface area contributed by atoms with E-state index in [0.29, 0.717) is 40.8 Å². The number of aryl methyl sites for hydroxylation is 2. The molecule has 1 aromatic heterocycles. The van der Waals surface area contributed by atoms with E-state index in [2.05, 4.69) is 29.4 Å². The highest BCUT2D eigenvalue weighted by atomic mass is 35.5. The second kappa shape index (κ2) is 19.6. The second-order valence-corrected chi connectivity index (χ2v) is 18.5. The number of imidazole rings is 1. The minimum Gasteiger partial charge on any atom is -0.493 e. The number of anilines is 2. The number of nitrogens with one attached hydrogen (secondary N) is 1. The molecule has 3 aliphatic rings. The molecule has 2 saturated heterocycles. The molecule has 0 saturated carbocycles. The molecule has 0 bridgehead atoms. The number of methoxy groups -OCH3 is 1. The number of nitrogens with zero attached hydrogens (tertiary/aromatic N) is 5. The predicted molar refractivity (Wildman–Crippen MR) is 253 cm³/mol. The SMILES string of the molecule is COc1cc2c(cc1OC(C)C)[C@H](c1ccc(Cl)cc1)N(c1ccc(N(C)CC3CCN(C(=O)CCCCCc4ccc5c(c4)n(C)c(=O)n5C4CCC(=O)NC4=O)CC3)cc1)C(=O)C2. The lowest BCUT2D eigenvalue weighted by Gasteiger charge is -2.38. The Kier molecular flexibility index (Phi) is 13.7. The molecule has 3 aliphatic heterocycles. The highest BCUT2D eigenvalue weighted by Gasteiger charge is 2.37. The molecule has 342 valence electrons. The Hall–Kier alpha value is -6.08. The Labute approximate surface area is 385 Å². The summed E-state index contributed by atoms with van der Waals surface area (Å²) in [5.74, 6) is 1.15. The summed E-state index contributed by atoms with van der Waals surface area (Å²) >= 11 is 6.32. The van der Waals surface area contributed by atoms with Gasteiger partial charge in [0.2, 0.25) is 23.6 Å². The zero-order valence-corrected chi connectivity index (χ0v) is 38.7. The summed E-state index contributed by atoms with van der Waals surface area (Å²) in [4.78, 5) is 70.8. The van der Waals surface area contributed by atoms with Gasteiger partial charge in [-0.05, 0) is 141 Å². The Morgan fingerprint density at radius 2 is 1.62 bits per heavy atom. The van der Waals surface area contributed by atoms with Crippen LogP contribution in [-0.2, 0) is 39.1 Å². The van der Waals surface area contributed by atoms with Crippen LogP contribution in [-0.4, -0.2) is 77.6 Å². The molecule has 14 heteroatoms. The first-order chi connectivity index (χ1) is 31.3. The number of piperidine rings is 2. The van der Waals surface area contributed by atoms with Crippen molar-refractivity contribution in [3.05, 3.63) is 117 Å². The molecule has 4 heterocycles. The number of hydrogen-bond donors (Lipinski definition) is 1. The number of likely N-dealkylation sites (tertiary alicyclic amines) is 1. The van der Waals surface area contributed by atoms with E-state index in [9.17, 15) is 24.0 Å². The van der Waals surface area contributed by atoms with Crippen LogP contribution in [0, 0.1) is 5.92 Å². The van der Waals surface area contributed by atoms with E-state index in [1.165, 1.54) is 4.57 Å². The van der Waals surface area contributed by atoms with Crippen molar-refractivity contribution in [2.45, 2.75) is 96.2 Å². The zero-order chi connectivity index (χ0) is 45.9. The number of ether oxygens (including phenoxy) is 2. The van der Waals surface area contributed by atoms with Crippen molar-refractivity contribution in [2.24, 2.45) is 13.0 Å². The second-order valence-electron chi connectivity index (χ2n) is 18.0. The molecular weight excluding hydrogens is 844 g/mol. The van der Waals surface area contributed by atoms with Crippen LogP contribution in [0.3, 0.4) is 0 Å². The topological polar surface area (TPSA) is 135 Å². The van der Waals surface area contributed by atoms with Gasteiger partial charge in [0.15, 0.2) is 11.5 Å². The summed E-state index contributed by atoms with van der Waals surface area (Å²) in [5, 5.41) is 2.98. The molecule has 5 aromatic rings. The van der Waals surface area contributed by atoms with Gasteiger partial charge in [-0.2, -0.15) is 0 Å². The van der Waals surface area contributed by atoms with E-state index < -0.39 is 18.0 Å². The number of aromatic nitrogens is 2. The molecule has 1 N–H and O–H groups in total. The van der Waals surface area contributed by atoms with Crippen molar-refractivity contribution in [1.29, 1.82) is 0 Å². The third-order valence-electron chi connectivity index (χ3n) is 13.2. The molecule has 13 nitrogen and oxygen atoms in total. The third-order valence-corrected chi connectivity index (χ3v) is 13.5. The average molecular weight is 904 g/mol. The number of amides is 4. The lowest BCUT2D eigenvalue weighted by Crippen LogP contribution is -2.44. The number of imide groups is 1. The maximum absolute atomic E-state index is 14.0. The van der Waals surface area contributed by atoms with Gasteiger partial charge in [0.1, 0.15) is 6.04 Å². The van der Waals surface area contributed by atoms with E-state index >= 15 is 0 Å². The molecule has 0 aliphatic carbocycles. The molecule has 0 radical (unpaired) electrons. The molecule has 2 fully saturated rings. The Bertz CT molecular complexity index is 2630. The molecular formula is C51H59ClN6O7. The van der Waals surface area contributed by atoms with Crippen LogP contribution in [0.4, 0.5) is 11.4 Å². The first kappa shape index (κ1) is 45.5. The van der Waals surface area contributed by atoms with Crippen molar-refractivity contribution < 1.29 is 28.7 Å². The number of hydrogen-bond acceptors (Lipinski definition) is 8. The fraction of sp³-hybridized carbons (Fsp3) is 0.431. The monoisotopic (exact) mass is 902 g/mol. The summed E-state index contributed by atoms with van der Waals surface area (Å²) in [6.45, 7) is 6.34. The average Bonchev–Trinajstić information content (AvgIpc) is 3.53. The van der Waals surface area contributed by atoms with Crippen LogP contribution in [0.1, 0.15) is 99.6 Å². The molecule has 0 spiro atoms. The Balaban J connectivity index is 0.822. The number of carbonyl (C=O) groups is 4. The van der Waals surface area contributed by atoms with Gasteiger partial charge in [0, 0.05) is 63.0 Å². The number of rotatable bonds is 15. The van der Waals surface area contributed by atoms with Crippen LogP contribution in [0.5, 0.6) is 11.5 Å². The van der Waals surface area contributed by atoms with E-state index in [1.54, 1.807) is 18.7 Å². The van der Waals surface area contributed by atoms with Gasteiger partial charge in [-0.3, -0.25) is 33.6 Å². The van der Waals surface area contributed by atoms with Crippen LogP contribution in [0.25, 0.3) is 11.0 Å². The van der Waals surface area contributed by atoms with Crippen molar-refractivity contribution >= 4 is 57.6 Å². The van der Waals surface area contributed by atoms with Crippen molar-refractivity contribution in [2.75, 3.05) is 43.6 Å². The Morgan fingerprint density at radius 3 is 2.31 bits per heavy atom. The summed E-state index contributed by atoms with van der Waals surface area (Å²) in [7, 11) is 5.43. The molecule has 2 atom stereocenters. The van der Waals surface area contributed by atoms with Crippen LogP contribution in [0.15, 0.2) is 83.7 Å². The molecule has 65 heavy (non-hydrogen) atoms. The number of benzene rings is 4. The van der Waals surface area contributed by atoms with Gasteiger partial charge >= 0.3 is 5.69 Å². The third kappa shape index (κ3) is 9.80. The van der Waals surface area contributed by atoms with Crippen LogP contribution in [0.2, 0.25) is 5.02 Å². The van der Waals surface area contributed by atoms with Crippen LogP contribution >= 0.6 is 11.6 Å². The first-order valence-electron chi connectivity index (χ1n) is 22.9. The summed E-state index contributed by atoms with van der Waals surface area (Å²) in [5.41, 5.74) is 6.97.